The molecule has 1 unspecified atom stereocenters. The summed E-state index contributed by atoms with van der Waals surface area (Å²) in [4.78, 5) is 26.7. The Morgan fingerprint density at radius 2 is 1.72 bits per heavy atom. The number of likely N-dealkylation sites (tertiary alicyclic amines) is 1. The summed E-state index contributed by atoms with van der Waals surface area (Å²) in [5.41, 5.74) is 3.00. The lowest BCUT2D eigenvalue weighted by atomic mass is 10.0. The van der Waals surface area contributed by atoms with Crippen LogP contribution in [0.15, 0.2) is 47.4 Å². The van der Waals surface area contributed by atoms with E-state index in [4.69, 9.17) is 0 Å². The highest BCUT2D eigenvalue weighted by atomic mass is 32.2. The van der Waals surface area contributed by atoms with E-state index >= 15 is 0 Å². The molecule has 2 amide bonds. The molecular formula is C24H31N3O4S. The van der Waals surface area contributed by atoms with E-state index in [0.717, 1.165) is 24.0 Å². The maximum Gasteiger partial charge on any atom is 0.261 e. The molecule has 0 aliphatic carbocycles. The number of carbonyl (C=O) groups is 2. The molecule has 7 nitrogen and oxygen atoms in total. The molecule has 0 bridgehead atoms. The minimum Gasteiger partial charge on any atom is -0.351 e. The van der Waals surface area contributed by atoms with Crippen molar-refractivity contribution in [1.29, 1.82) is 0 Å². The van der Waals surface area contributed by atoms with Crippen LogP contribution in [-0.4, -0.2) is 44.3 Å². The largest absolute Gasteiger partial charge is 0.351 e. The Morgan fingerprint density at radius 1 is 1.03 bits per heavy atom. The lowest BCUT2D eigenvalue weighted by molar-refractivity contribution is -0.125. The molecule has 2 N–H and O–H groups in total. The van der Waals surface area contributed by atoms with Crippen LogP contribution < -0.4 is 10.0 Å². The molecule has 3 rings (SSSR count). The molecule has 2 aromatic rings. The molecule has 1 heterocycles. The first-order chi connectivity index (χ1) is 15.1. The van der Waals surface area contributed by atoms with Crippen LogP contribution in [0, 0.1) is 19.8 Å². The number of amides is 2. The van der Waals surface area contributed by atoms with E-state index in [1.165, 1.54) is 24.3 Å². The van der Waals surface area contributed by atoms with E-state index in [1.54, 1.807) is 17.0 Å². The number of nitrogens with one attached hydrogen (secondary N) is 2. The van der Waals surface area contributed by atoms with Crippen molar-refractivity contribution in [3.63, 3.8) is 0 Å². The Bertz CT molecular complexity index is 1090. The van der Waals surface area contributed by atoms with Crippen molar-refractivity contribution < 1.29 is 18.0 Å². The van der Waals surface area contributed by atoms with E-state index in [-0.39, 0.29) is 28.7 Å². The maximum absolute atomic E-state index is 12.9. The van der Waals surface area contributed by atoms with Gasteiger partial charge in [0.05, 0.1) is 4.90 Å². The van der Waals surface area contributed by atoms with Crippen LogP contribution in [0.1, 0.15) is 48.2 Å². The first-order valence-electron chi connectivity index (χ1n) is 10.9. The molecule has 1 atom stereocenters. The first-order valence-corrected chi connectivity index (χ1v) is 12.3. The van der Waals surface area contributed by atoms with Crippen molar-refractivity contribution in [2.75, 3.05) is 17.8 Å². The van der Waals surface area contributed by atoms with Gasteiger partial charge in [0, 0.05) is 36.3 Å². The number of benzene rings is 2. The predicted molar refractivity (Wildman–Crippen MR) is 125 cm³/mol. The minimum atomic E-state index is -3.76. The standard InChI is InChI=1S/C24H31N3O4S/c1-16(2)23(28)25-21-6-5-13-27(15-21)24(29)19-8-11-22(12-9-19)32(30,31)26-20-10-7-17(3)18(4)14-20/h7-12,14,16,21,26H,5-6,13,15H2,1-4H3,(H,25,28). The van der Waals surface area contributed by atoms with Gasteiger partial charge in [-0.3, -0.25) is 14.3 Å². The lowest BCUT2D eigenvalue weighted by Crippen LogP contribution is -2.50. The van der Waals surface area contributed by atoms with Crippen molar-refractivity contribution in [1.82, 2.24) is 10.2 Å². The number of piperidine rings is 1. The average molecular weight is 458 g/mol. The molecule has 172 valence electrons. The number of nitrogens with zero attached hydrogens (tertiary/aromatic N) is 1. The van der Waals surface area contributed by atoms with Gasteiger partial charge >= 0.3 is 0 Å². The zero-order chi connectivity index (χ0) is 23.5. The van der Waals surface area contributed by atoms with Gasteiger partial charge in [0.1, 0.15) is 0 Å². The Labute approximate surface area is 190 Å². The third-order valence-electron chi connectivity index (χ3n) is 5.75. The van der Waals surface area contributed by atoms with Crippen molar-refractivity contribution in [2.24, 2.45) is 5.92 Å². The summed E-state index contributed by atoms with van der Waals surface area (Å²) in [5.74, 6) is -0.289. The second-order valence-corrected chi connectivity index (χ2v) is 10.4. The highest BCUT2D eigenvalue weighted by molar-refractivity contribution is 7.92. The van der Waals surface area contributed by atoms with Crippen LogP contribution in [0.5, 0.6) is 0 Å². The van der Waals surface area contributed by atoms with Crippen molar-refractivity contribution >= 4 is 27.5 Å². The number of hydrogen-bond donors (Lipinski definition) is 2. The van der Waals surface area contributed by atoms with Gasteiger partial charge in [0.2, 0.25) is 5.91 Å². The van der Waals surface area contributed by atoms with Gasteiger partial charge in [-0.25, -0.2) is 8.42 Å². The van der Waals surface area contributed by atoms with Crippen LogP contribution in [0.4, 0.5) is 5.69 Å². The van der Waals surface area contributed by atoms with Gasteiger partial charge in [-0.15, -0.1) is 0 Å². The van der Waals surface area contributed by atoms with Crippen LogP contribution in [0.25, 0.3) is 0 Å². The molecule has 32 heavy (non-hydrogen) atoms. The zero-order valence-corrected chi connectivity index (χ0v) is 19.8. The molecule has 1 fully saturated rings. The molecule has 1 aliphatic heterocycles. The summed E-state index contributed by atoms with van der Waals surface area (Å²) in [6, 6.07) is 11.3. The number of carbonyl (C=O) groups excluding carboxylic acids is 2. The van der Waals surface area contributed by atoms with Crippen molar-refractivity contribution in [3.8, 4) is 0 Å². The van der Waals surface area contributed by atoms with Gasteiger partial charge in [-0.1, -0.05) is 19.9 Å². The van der Waals surface area contributed by atoms with E-state index in [1.807, 2.05) is 33.8 Å². The van der Waals surface area contributed by atoms with Gasteiger partial charge in [-0.2, -0.15) is 0 Å². The summed E-state index contributed by atoms with van der Waals surface area (Å²) in [7, 11) is -3.76. The summed E-state index contributed by atoms with van der Waals surface area (Å²) < 4.78 is 28.1. The summed E-state index contributed by atoms with van der Waals surface area (Å²) in [6.45, 7) is 8.63. The maximum atomic E-state index is 12.9. The minimum absolute atomic E-state index is 0.0184. The Morgan fingerprint density at radius 3 is 2.34 bits per heavy atom. The first kappa shape index (κ1) is 23.8. The van der Waals surface area contributed by atoms with Crippen molar-refractivity contribution in [2.45, 2.75) is 51.5 Å². The molecule has 1 saturated heterocycles. The number of anilines is 1. The Hall–Kier alpha value is -2.87. The smallest absolute Gasteiger partial charge is 0.261 e. The molecule has 8 heteroatoms. The van der Waals surface area contributed by atoms with Gasteiger partial charge in [0.15, 0.2) is 0 Å². The Balaban J connectivity index is 1.68. The molecule has 0 aromatic heterocycles. The quantitative estimate of drug-likeness (QED) is 0.694. The van der Waals surface area contributed by atoms with Crippen molar-refractivity contribution in [3.05, 3.63) is 59.2 Å². The van der Waals surface area contributed by atoms with Crippen LogP contribution in [-0.2, 0) is 14.8 Å². The second kappa shape index (κ2) is 9.73. The van der Waals surface area contributed by atoms with E-state index in [9.17, 15) is 18.0 Å². The fraction of sp³-hybridized carbons (Fsp3) is 0.417. The molecule has 0 saturated carbocycles. The fourth-order valence-corrected chi connectivity index (χ4v) is 4.68. The van der Waals surface area contributed by atoms with Gasteiger partial charge in [-0.05, 0) is 74.2 Å². The summed E-state index contributed by atoms with van der Waals surface area (Å²) in [5, 5.41) is 2.99. The van der Waals surface area contributed by atoms with Gasteiger partial charge in [0.25, 0.3) is 15.9 Å². The summed E-state index contributed by atoms with van der Waals surface area (Å²) >= 11 is 0. The molecule has 0 radical (unpaired) electrons. The highest BCUT2D eigenvalue weighted by Crippen LogP contribution is 2.20. The number of sulfonamides is 1. The van der Waals surface area contributed by atoms with Crippen LogP contribution >= 0.6 is 0 Å². The summed E-state index contributed by atoms with van der Waals surface area (Å²) in [6.07, 6.45) is 1.64. The number of rotatable bonds is 6. The topological polar surface area (TPSA) is 95.6 Å². The predicted octanol–water partition coefficient (Wildman–Crippen LogP) is 3.48. The Kier molecular flexibility index (Phi) is 7.23. The molecule has 2 aromatic carbocycles. The van der Waals surface area contributed by atoms with Crippen LogP contribution in [0.2, 0.25) is 0 Å². The SMILES string of the molecule is Cc1ccc(NS(=O)(=O)c2ccc(C(=O)N3CCCC(NC(=O)C(C)C)C3)cc2)cc1C. The molecule has 1 aliphatic rings. The van der Waals surface area contributed by atoms with Gasteiger partial charge < -0.3 is 10.2 Å². The third-order valence-corrected chi connectivity index (χ3v) is 7.15. The highest BCUT2D eigenvalue weighted by Gasteiger charge is 2.26. The number of aryl methyl sites for hydroxylation is 2. The lowest BCUT2D eigenvalue weighted by Gasteiger charge is -2.33. The number of hydrogen-bond acceptors (Lipinski definition) is 4. The second-order valence-electron chi connectivity index (χ2n) is 8.68. The zero-order valence-electron chi connectivity index (χ0n) is 19.0. The fourth-order valence-electron chi connectivity index (χ4n) is 3.63. The third kappa shape index (κ3) is 5.68. The molecule has 0 spiro atoms. The monoisotopic (exact) mass is 457 g/mol. The molecular weight excluding hydrogens is 426 g/mol. The van der Waals surface area contributed by atoms with E-state index < -0.39 is 10.0 Å². The normalized spacial score (nSPS) is 16.7. The average Bonchev–Trinajstić information content (AvgIpc) is 2.76. The van der Waals surface area contributed by atoms with Crippen LogP contribution in [0.3, 0.4) is 0 Å². The van der Waals surface area contributed by atoms with E-state index in [0.29, 0.717) is 24.3 Å². The van der Waals surface area contributed by atoms with E-state index in [2.05, 4.69) is 10.0 Å².